The molecule has 0 bridgehead atoms. The van der Waals surface area contributed by atoms with Gasteiger partial charge in [0, 0.05) is 53.4 Å². The summed E-state index contributed by atoms with van der Waals surface area (Å²) in [6.45, 7) is 5.25. The van der Waals surface area contributed by atoms with Crippen LogP contribution in [-0.4, -0.2) is 70.6 Å². The van der Waals surface area contributed by atoms with Crippen molar-refractivity contribution >= 4 is 29.9 Å². The minimum atomic E-state index is 0. The van der Waals surface area contributed by atoms with Gasteiger partial charge in [0.2, 0.25) is 0 Å². The van der Waals surface area contributed by atoms with E-state index in [1.54, 1.807) is 7.11 Å². The second-order valence-corrected chi connectivity index (χ2v) is 7.17. The first-order valence-electron chi connectivity index (χ1n) is 10.1. The molecule has 2 aliphatic heterocycles. The van der Waals surface area contributed by atoms with Crippen LogP contribution in [0.2, 0.25) is 0 Å². The maximum Gasteiger partial charge on any atom is 0.193 e. The molecule has 1 saturated heterocycles. The normalized spacial score (nSPS) is 17.1. The molecule has 1 N–H and O–H groups in total. The fourth-order valence-electron chi connectivity index (χ4n) is 3.73. The van der Waals surface area contributed by atoms with Crippen molar-refractivity contribution in [3.05, 3.63) is 29.3 Å². The predicted molar refractivity (Wildman–Crippen MR) is 123 cm³/mol. The second-order valence-electron chi connectivity index (χ2n) is 7.17. The van der Waals surface area contributed by atoms with Crippen molar-refractivity contribution < 1.29 is 14.2 Å². The van der Waals surface area contributed by atoms with Crippen LogP contribution in [0, 0.1) is 0 Å². The predicted octanol–water partition coefficient (Wildman–Crippen LogP) is 2.87. The first-order chi connectivity index (χ1) is 13.3. The molecule has 0 amide bonds. The maximum absolute atomic E-state index is 5.95. The molecule has 1 aromatic rings. The fourth-order valence-corrected chi connectivity index (χ4v) is 3.73. The molecule has 2 heterocycles. The van der Waals surface area contributed by atoms with Crippen molar-refractivity contribution in [1.82, 2.24) is 10.2 Å². The topological polar surface area (TPSA) is 55.3 Å². The molecule has 2 aliphatic rings. The van der Waals surface area contributed by atoms with Crippen LogP contribution < -0.4 is 10.1 Å². The van der Waals surface area contributed by atoms with Gasteiger partial charge in [-0.05, 0) is 42.9 Å². The van der Waals surface area contributed by atoms with Crippen LogP contribution >= 0.6 is 24.0 Å². The van der Waals surface area contributed by atoms with Crippen molar-refractivity contribution in [3.63, 3.8) is 0 Å². The summed E-state index contributed by atoms with van der Waals surface area (Å²) in [5, 5.41) is 3.52. The number of guanidine groups is 1. The van der Waals surface area contributed by atoms with Gasteiger partial charge in [0.1, 0.15) is 5.75 Å². The third kappa shape index (κ3) is 6.77. The Morgan fingerprint density at radius 3 is 2.86 bits per heavy atom. The smallest absolute Gasteiger partial charge is 0.193 e. The van der Waals surface area contributed by atoms with E-state index >= 15 is 0 Å². The Balaban J connectivity index is 0.00000280. The molecule has 0 aliphatic carbocycles. The molecule has 0 saturated carbocycles. The van der Waals surface area contributed by atoms with E-state index in [4.69, 9.17) is 14.2 Å². The molecule has 3 rings (SSSR count). The monoisotopic (exact) mass is 503 g/mol. The molecule has 1 aromatic carbocycles. The minimum Gasteiger partial charge on any atom is -0.493 e. The Hall–Kier alpha value is -1.06. The van der Waals surface area contributed by atoms with E-state index in [1.165, 1.54) is 11.1 Å². The number of benzene rings is 1. The van der Waals surface area contributed by atoms with Gasteiger partial charge in [0.05, 0.1) is 12.7 Å². The van der Waals surface area contributed by atoms with E-state index in [-0.39, 0.29) is 24.0 Å². The highest BCUT2D eigenvalue weighted by Gasteiger charge is 2.21. The fraction of sp³-hybridized carbons (Fsp3) is 0.667. The lowest BCUT2D eigenvalue weighted by molar-refractivity contribution is 0.00992. The molecular formula is C21H34IN3O3. The van der Waals surface area contributed by atoms with Crippen LogP contribution in [0.4, 0.5) is 0 Å². The molecule has 158 valence electrons. The lowest BCUT2D eigenvalue weighted by Crippen LogP contribution is -2.47. The maximum atomic E-state index is 5.95. The van der Waals surface area contributed by atoms with E-state index in [0.29, 0.717) is 6.10 Å². The number of piperidine rings is 1. The number of nitrogens with zero attached hydrogens (tertiary/aromatic N) is 2. The molecule has 0 unspecified atom stereocenters. The number of hydrogen-bond donors (Lipinski definition) is 1. The summed E-state index contributed by atoms with van der Waals surface area (Å²) in [7, 11) is 3.60. The average Bonchev–Trinajstić information content (AvgIpc) is 3.17. The molecule has 1 fully saturated rings. The molecular weight excluding hydrogens is 469 g/mol. The van der Waals surface area contributed by atoms with Gasteiger partial charge in [-0.1, -0.05) is 12.1 Å². The third-order valence-corrected chi connectivity index (χ3v) is 5.25. The Bertz CT molecular complexity index is 619. The lowest BCUT2D eigenvalue weighted by atomic mass is 10.1. The Morgan fingerprint density at radius 2 is 2.11 bits per heavy atom. The van der Waals surface area contributed by atoms with Gasteiger partial charge in [-0.3, -0.25) is 4.99 Å². The van der Waals surface area contributed by atoms with Gasteiger partial charge in [-0.15, -0.1) is 24.0 Å². The Morgan fingerprint density at radius 1 is 1.29 bits per heavy atom. The second kappa shape index (κ2) is 12.5. The van der Waals surface area contributed by atoms with Crippen LogP contribution in [0.5, 0.6) is 5.75 Å². The number of methoxy groups -OCH3 is 1. The van der Waals surface area contributed by atoms with Crippen LogP contribution in [0.25, 0.3) is 0 Å². The summed E-state index contributed by atoms with van der Waals surface area (Å²) in [5.41, 5.74) is 2.69. The molecule has 0 spiro atoms. The largest absolute Gasteiger partial charge is 0.493 e. The standard InChI is InChI=1S/C21H33N3O3.HI/c1-22-21(24-11-7-19(8-12-24)26-14-3-13-25-2)23-10-6-17-4-5-20-18(16-17)9-15-27-20;/h4-5,16,19H,3,6-15H2,1-2H3,(H,22,23);1H. The molecule has 6 nitrogen and oxygen atoms in total. The zero-order chi connectivity index (χ0) is 18.9. The van der Waals surface area contributed by atoms with Crippen molar-refractivity contribution in [3.8, 4) is 5.75 Å². The summed E-state index contributed by atoms with van der Waals surface area (Å²) in [4.78, 5) is 6.81. The summed E-state index contributed by atoms with van der Waals surface area (Å²) in [5.74, 6) is 2.05. The highest BCUT2D eigenvalue weighted by molar-refractivity contribution is 14.0. The summed E-state index contributed by atoms with van der Waals surface area (Å²) in [6.07, 6.45) is 5.46. The minimum absolute atomic E-state index is 0. The number of likely N-dealkylation sites (tertiary alicyclic amines) is 1. The van der Waals surface area contributed by atoms with Gasteiger partial charge >= 0.3 is 0 Å². The van der Waals surface area contributed by atoms with E-state index in [1.807, 2.05) is 7.05 Å². The zero-order valence-corrected chi connectivity index (χ0v) is 19.4. The molecule has 7 heteroatoms. The van der Waals surface area contributed by atoms with E-state index in [0.717, 1.165) is 83.3 Å². The van der Waals surface area contributed by atoms with Gasteiger partial charge in [-0.2, -0.15) is 0 Å². The van der Waals surface area contributed by atoms with E-state index in [9.17, 15) is 0 Å². The Labute approximate surface area is 186 Å². The third-order valence-electron chi connectivity index (χ3n) is 5.25. The van der Waals surface area contributed by atoms with Gasteiger partial charge < -0.3 is 24.4 Å². The van der Waals surface area contributed by atoms with Crippen molar-refractivity contribution in [1.29, 1.82) is 0 Å². The SMILES string of the molecule is CN=C(NCCc1ccc2c(c1)CCO2)N1CCC(OCCCOC)CC1.I. The lowest BCUT2D eigenvalue weighted by Gasteiger charge is -2.34. The molecule has 28 heavy (non-hydrogen) atoms. The van der Waals surface area contributed by atoms with Crippen LogP contribution in [0.1, 0.15) is 30.4 Å². The van der Waals surface area contributed by atoms with Crippen molar-refractivity contribution in [2.24, 2.45) is 4.99 Å². The zero-order valence-electron chi connectivity index (χ0n) is 17.1. The summed E-state index contributed by atoms with van der Waals surface area (Å²) >= 11 is 0. The molecule has 0 radical (unpaired) electrons. The van der Waals surface area contributed by atoms with E-state index in [2.05, 4.69) is 33.4 Å². The first-order valence-corrected chi connectivity index (χ1v) is 10.1. The number of halogens is 1. The van der Waals surface area contributed by atoms with Crippen LogP contribution in [-0.2, 0) is 22.3 Å². The van der Waals surface area contributed by atoms with Crippen molar-refractivity contribution in [2.45, 2.75) is 38.2 Å². The van der Waals surface area contributed by atoms with E-state index < -0.39 is 0 Å². The highest BCUT2D eigenvalue weighted by atomic mass is 127. The van der Waals surface area contributed by atoms with Crippen LogP contribution in [0.15, 0.2) is 23.2 Å². The number of nitrogens with one attached hydrogen (secondary N) is 1. The average molecular weight is 503 g/mol. The number of rotatable bonds is 8. The summed E-state index contributed by atoms with van der Waals surface area (Å²) < 4.78 is 16.6. The highest BCUT2D eigenvalue weighted by Crippen LogP contribution is 2.25. The van der Waals surface area contributed by atoms with Crippen LogP contribution in [0.3, 0.4) is 0 Å². The Kier molecular flexibility index (Phi) is 10.4. The summed E-state index contributed by atoms with van der Waals surface area (Å²) in [6, 6.07) is 6.55. The van der Waals surface area contributed by atoms with Gasteiger partial charge in [-0.25, -0.2) is 0 Å². The molecule has 0 aromatic heterocycles. The van der Waals surface area contributed by atoms with Gasteiger partial charge in [0.15, 0.2) is 5.96 Å². The molecule has 0 atom stereocenters. The number of ether oxygens (including phenoxy) is 3. The van der Waals surface area contributed by atoms with Crippen molar-refractivity contribution in [2.75, 3.05) is 53.6 Å². The quantitative estimate of drug-likeness (QED) is 0.256. The number of fused-ring (bicyclic) bond motifs is 1. The van der Waals surface area contributed by atoms with Gasteiger partial charge in [0.25, 0.3) is 0 Å². The first kappa shape index (κ1) is 23.2. The number of aliphatic imine (C=N–C) groups is 1. The number of hydrogen-bond acceptors (Lipinski definition) is 4.